The van der Waals surface area contributed by atoms with Crippen molar-refractivity contribution < 1.29 is 105 Å². The number of nitrogens with zero attached hydrogens (tertiary/aromatic N) is 1. The summed E-state index contributed by atoms with van der Waals surface area (Å²) in [5.41, 5.74) is 1.94. The third-order valence-electron chi connectivity index (χ3n) is 9.93. The largest absolute Gasteiger partial charge is 0.481 e. The standard InChI is InChI=1S/C12H15F2NO4S.C11H11F2NO4.C11H13F2NO2.C10H11F2NO4S.C5H9ClO2/c1-4-19-12(16)7(2)8-5-9(13)11(10(14)6-8)15-20(3,17)18;1-3-18-11(15)6(2)7-4-8(12)10(14(16)17)9(13)5-7;1-3-16-11(15)6(2)7-4-8(12)10(14)9(13)5-7;1-5(10(14)15)6-3-7(11)9(8(12)4-6)13-18(2,16)17;1-3-8-5(7)4(2)6/h5-7,15H,4H2,1-3H3;4-6H,3H2,1-2H3;4-6H,3,14H2,1-2H3;3-5,13H,1-2H3,(H,14,15);4H,3H2,1-2H3. The van der Waals surface area contributed by atoms with Crippen LogP contribution in [0.2, 0.25) is 0 Å². The molecule has 5 N–H and O–H groups in total. The molecule has 4 aromatic rings. The van der Waals surface area contributed by atoms with Crippen molar-refractivity contribution in [3.63, 3.8) is 0 Å². The topological polar surface area (TPSA) is 304 Å². The quantitative estimate of drug-likeness (QED) is 0.0137. The number of halogens is 9. The number of nitrogens with two attached hydrogens (primary N) is 1. The third-order valence-corrected chi connectivity index (χ3v) is 11.3. The molecule has 0 aromatic heterocycles. The maximum Gasteiger partial charge on any atom is 0.340 e. The van der Waals surface area contributed by atoms with Crippen LogP contribution in [0.5, 0.6) is 0 Å². The summed E-state index contributed by atoms with van der Waals surface area (Å²) in [6.07, 6.45) is 1.53. The number of carboxylic acid groups (broad SMARTS) is 1. The molecule has 20 nitrogen and oxygen atoms in total. The highest BCUT2D eigenvalue weighted by molar-refractivity contribution is 7.92. The molecule has 4 aromatic carbocycles. The number of alkyl halides is 1. The Morgan fingerprint density at radius 2 is 0.762 bits per heavy atom. The highest BCUT2D eigenvalue weighted by atomic mass is 35.5. The van der Waals surface area contributed by atoms with Gasteiger partial charge in [0.1, 0.15) is 34.1 Å². The predicted molar refractivity (Wildman–Crippen MR) is 277 cm³/mol. The molecule has 0 spiro atoms. The summed E-state index contributed by atoms with van der Waals surface area (Å²) in [4.78, 5) is 64.6. The highest BCUT2D eigenvalue weighted by Crippen LogP contribution is 2.30. The number of anilines is 3. The van der Waals surface area contributed by atoms with Gasteiger partial charge in [0, 0.05) is 0 Å². The van der Waals surface area contributed by atoms with Crippen molar-refractivity contribution >= 4 is 84.2 Å². The van der Waals surface area contributed by atoms with Gasteiger partial charge >= 0.3 is 35.5 Å². The number of nitro benzene ring substituents is 1. The number of nitrogens with one attached hydrogen (secondary N) is 2. The molecule has 4 rings (SSSR count). The van der Waals surface area contributed by atoms with Gasteiger partial charge in [-0.2, -0.15) is 8.78 Å². The lowest BCUT2D eigenvalue weighted by atomic mass is 10.0. The van der Waals surface area contributed by atoms with Crippen molar-refractivity contribution in [3.8, 4) is 0 Å². The molecule has 0 radical (unpaired) electrons. The van der Waals surface area contributed by atoms with E-state index in [1.807, 2.05) is 0 Å². The Morgan fingerprint density at radius 1 is 0.525 bits per heavy atom. The van der Waals surface area contributed by atoms with Gasteiger partial charge in [0.15, 0.2) is 23.3 Å². The molecule has 5 unspecified atom stereocenters. The van der Waals surface area contributed by atoms with Crippen LogP contribution in [-0.4, -0.2) is 101 Å². The zero-order chi connectivity index (χ0) is 62.3. The molecule has 0 fully saturated rings. The number of carboxylic acids is 1. The summed E-state index contributed by atoms with van der Waals surface area (Å²) in [5.74, 6) is -15.8. The van der Waals surface area contributed by atoms with Gasteiger partial charge in [-0.05, 0) is 133 Å². The van der Waals surface area contributed by atoms with E-state index in [0.29, 0.717) is 6.61 Å². The summed E-state index contributed by atoms with van der Waals surface area (Å²) in [6.45, 7) is 14.7. The van der Waals surface area contributed by atoms with E-state index in [1.54, 1.807) is 44.1 Å². The number of hydrogen-bond acceptors (Lipinski definition) is 16. The fourth-order valence-electron chi connectivity index (χ4n) is 5.72. The number of nitro groups is 1. The molecule has 0 saturated carbocycles. The summed E-state index contributed by atoms with van der Waals surface area (Å²) >= 11 is 5.33. The normalized spacial score (nSPS) is 12.6. The summed E-state index contributed by atoms with van der Waals surface area (Å²) in [6, 6.07) is 6.99. The van der Waals surface area contributed by atoms with Crippen molar-refractivity contribution in [2.45, 2.75) is 91.4 Å². The zero-order valence-electron chi connectivity index (χ0n) is 44.6. The van der Waals surface area contributed by atoms with Gasteiger partial charge in [-0.15, -0.1) is 11.6 Å². The van der Waals surface area contributed by atoms with E-state index in [1.165, 1.54) is 27.7 Å². The van der Waals surface area contributed by atoms with Gasteiger partial charge in [0.05, 0.1) is 67.5 Å². The smallest absolute Gasteiger partial charge is 0.340 e. The van der Waals surface area contributed by atoms with Crippen LogP contribution in [0, 0.1) is 56.7 Å². The molecule has 0 bridgehead atoms. The maximum atomic E-state index is 13.7. The van der Waals surface area contributed by atoms with Crippen LogP contribution in [0.4, 0.5) is 57.9 Å². The minimum atomic E-state index is -3.82. The highest BCUT2D eigenvalue weighted by Gasteiger charge is 2.27. The fraction of sp³-hybridized carbons (Fsp3) is 0.408. The Hall–Kier alpha value is -7.34. The third kappa shape index (κ3) is 24.4. The predicted octanol–water partition coefficient (Wildman–Crippen LogP) is 9.46. The number of benzene rings is 4. The minimum Gasteiger partial charge on any atom is -0.481 e. The van der Waals surface area contributed by atoms with E-state index in [9.17, 15) is 86.0 Å². The Labute approximate surface area is 460 Å². The van der Waals surface area contributed by atoms with E-state index in [-0.39, 0.29) is 48.0 Å². The molecular weight excluding hydrogens is 1150 g/mol. The number of aliphatic carboxylic acids is 1. The first kappa shape index (κ1) is 72.7. The number of sulfonamides is 2. The number of hydrogen-bond donors (Lipinski definition) is 4. The van der Waals surface area contributed by atoms with Crippen LogP contribution >= 0.6 is 11.6 Å². The molecule has 5 atom stereocenters. The molecule has 446 valence electrons. The lowest BCUT2D eigenvalue weighted by molar-refractivity contribution is -0.390. The minimum absolute atomic E-state index is 0.00551. The van der Waals surface area contributed by atoms with Crippen molar-refractivity contribution in [3.05, 3.63) is 127 Å². The average Bonchev–Trinajstić information content (AvgIpc) is 3.34. The van der Waals surface area contributed by atoms with E-state index in [4.69, 9.17) is 36.7 Å². The first-order valence-corrected chi connectivity index (χ1v) is 27.4. The van der Waals surface area contributed by atoms with E-state index in [2.05, 4.69) is 4.74 Å². The molecule has 0 aliphatic carbocycles. The monoisotopic (exact) mass is 1210 g/mol. The van der Waals surface area contributed by atoms with Crippen molar-refractivity contribution in [1.29, 1.82) is 0 Å². The Bertz CT molecular complexity index is 2980. The molecule has 0 heterocycles. The van der Waals surface area contributed by atoms with Crippen LogP contribution < -0.4 is 15.2 Å². The number of rotatable bonds is 18. The van der Waals surface area contributed by atoms with E-state index >= 15 is 0 Å². The van der Waals surface area contributed by atoms with Gasteiger partial charge in [0.25, 0.3) is 0 Å². The first-order valence-electron chi connectivity index (χ1n) is 23.1. The average molecular weight is 1210 g/mol. The number of carbonyl (C=O) groups excluding carboxylic acids is 4. The van der Waals surface area contributed by atoms with Crippen LogP contribution in [0.25, 0.3) is 0 Å². The number of nitrogen functional groups attached to an aromatic ring is 1. The molecule has 80 heavy (non-hydrogen) atoms. The number of carbonyl (C=O) groups is 5. The first-order chi connectivity index (χ1) is 36.8. The van der Waals surface area contributed by atoms with Crippen LogP contribution in [0.3, 0.4) is 0 Å². The fourth-order valence-corrected chi connectivity index (χ4v) is 6.92. The van der Waals surface area contributed by atoms with Gasteiger partial charge in [0.2, 0.25) is 31.7 Å². The van der Waals surface area contributed by atoms with Gasteiger partial charge in [-0.1, -0.05) is 0 Å². The van der Waals surface area contributed by atoms with E-state index in [0.717, 1.165) is 61.0 Å². The van der Waals surface area contributed by atoms with Crippen LogP contribution in [0.1, 0.15) is 108 Å². The molecular formula is C49H59ClF8N4O16S2. The Kier molecular flexibility index (Phi) is 30.2. The van der Waals surface area contributed by atoms with Crippen molar-refractivity contribution in [2.24, 2.45) is 0 Å². The van der Waals surface area contributed by atoms with Gasteiger partial charge < -0.3 is 29.8 Å². The molecule has 0 aliphatic heterocycles. The summed E-state index contributed by atoms with van der Waals surface area (Å²) in [7, 11) is -7.62. The Balaban J connectivity index is 0.000000996. The second-order valence-electron chi connectivity index (χ2n) is 16.3. The molecule has 0 amide bonds. The van der Waals surface area contributed by atoms with Crippen LogP contribution in [0.15, 0.2) is 48.5 Å². The van der Waals surface area contributed by atoms with Crippen molar-refractivity contribution in [1.82, 2.24) is 0 Å². The molecule has 0 aliphatic rings. The SMILES string of the molecule is CC(C(=O)O)c1cc(F)c(NS(C)(=O)=O)c(F)c1.CCOC(=O)C(C)Cl.CCOC(=O)C(C)c1cc(F)c(N)c(F)c1.CCOC(=O)C(C)c1cc(F)c(NS(C)(=O)=O)c(F)c1.CCOC(=O)C(C)c1cc(F)c([N+](=O)[O-])c(F)c1. The summed E-state index contributed by atoms with van der Waals surface area (Å²) in [5, 5.41) is 18.6. The number of ether oxygens (including phenoxy) is 4. The van der Waals surface area contributed by atoms with E-state index < -0.39 is 147 Å². The summed E-state index contributed by atoms with van der Waals surface area (Å²) < 4.78 is 173. The molecule has 0 saturated heterocycles. The van der Waals surface area contributed by atoms with Gasteiger partial charge in [-0.25, -0.2) is 43.2 Å². The van der Waals surface area contributed by atoms with Gasteiger partial charge in [-0.3, -0.25) is 43.5 Å². The number of esters is 4. The maximum absolute atomic E-state index is 13.7. The second-order valence-corrected chi connectivity index (χ2v) is 20.5. The van der Waals surface area contributed by atoms with Crippen molar-refractivity contribution in [2.75, 3.05) is 54.1 Å². The zero-order valence-corrected chi connectivity index (χ0v) is 47.0. The lowest BCUT2D eigenvalue weighted by Crippen LogP contribution is -2.16. The van der Waals surface area contributed by atoms with Crippen LogP contribution in [-0.2, 0) is 63.0 Å². The second kappa shape index (κ2) is 33.3. The Morgan fingerprint density at radius 3 is 0.975 bits per heavy atom. The lowest BCUT2D eigenvalue weighted by Gasteiger charge is -2.13. The molecule has 31 heteroatoms.